The second-order valence-electron chi connectivity index (χ2n) is 15.4. The van der Waals surface area contributed by atoms with E-state index in [1.165, 1.54) is 29.8 Å². The molecule has 8 rings (SSSR count). The van der Waals surface area contributed by atoms with Gasteiger partial charge in [0.2, 0.25) is 0 Å². The van der Waals surface area contributed by atoms with E-state index >= 15 is 0 Å². The van der Waals surface area contributed by atoms with E-state index in [2.05, 4.69) is 26.8 Å². The zero-order valence-electron chi connectivity index (χ0n) is 35.2. The maximum absolute atomic E-state index is 14.4. The normalized spacial score (nSPS) is 13.9. The number of nitrogens with zero attached hydrogens (tertiary/aromatic N) is 6. The van der Waals surface area contributed by atoms with E-state index in [0.717, 1.165) is 43.2 Å². The molecular formula is C48H45Cl2FN6O5S. The minimum absolute atomic E-state index is 0.0363. The van der Waals surface area contributed by atoms with E-state index < -0.39 is 11.9 Å². The van der Waals surface area contributed by atoms with Crippen LogP contribution in [0.15, 0.2) is 91.4 Å². The number of carboxylic acids is 1. The lowest BCUT2D eigenvalue weighted by Crippen LogP contribution is -2.45. The van der Waals surface area contributed by atoms with Crippen molar-refractivity contribution < 1.29 is 28.5 Å². The van der Waals surface area contributed by atoms with Crippen molar-refractivity contribution in [3.8, 4) is 50.2 Å². The number of ether oxygens (including phenoxy) is 3. The Morgan fingerprint density at radius 1 is 0.873 bits per heavy atom. The van der Waals surface area contributed by atoms with Gasteiger partial charge in [0, 0.05) is 54.7 Å². The molecule has 0 amide bonds. The number of carboxylic acid groups (broad SMARTS) is 1. The van der Waals surface area contributed by atoms with Gasteiger partial charge in [-0.15, -0.1) is 11.3 Å². The molecule has 1 atom stereocenters. The lowest BCUT2D eigenvalue weighted by Gasteiger charge is -2.32. The first kappa shape index (κ1) is 43.9. The van der Waals surface area contributed by atoms with Crippen LogP contribution in [0.5, 0.6) is 17.2 Å². The fourth-order valence-corrected chi connectivity index (χ4v) is 9.67. The average Bonchev–Trinajstić information content (AvgIpc) is 3.68. The van der Waals surface area contributed by atoms with Gasteiger partial charge in [-0.05, 0) is 91.5 Å². The molecule has 1 aliphatic heterocycles. The van der Waals surface area contributed by atoms with Crippen molar-refractivity contribution >= 4 is 50.7 Å². The number of para-hydroxylation sites is 2. The van der Waals surface area contributed by atoms with Crippen LogP contribution in [0.25, 0.3) is 43.2 Å². The Bertz CT molecular complexity index is 2750. The first-order valence-corrected chi connectivity index (χ1v) is 22.0. The first-order chi connectivity index (χ1) is 30.5. The van der Waals surface area contributed by atoms with Crippen molar-refractivity contribution in [1.29, 1.82) is 0 Å². The Kier molecular flexibility index (Phi) is 13.5. The Morgan fingerprint density at radius 2 is 1.57 bits per heavy atom. The minimum atomic E-state index is -1.14. The van der Waals surface area contributed by atoms with Crippen LogP contribution in [-0.4, -0.2) is 94.3 Å². The number of rotatable bonds is 15. The molecule has 1 aliphatic rings. The Morgan fingerprint density at radius 3 is 2.29 bits per heavy atom. The molecule has 324 valence electrons. The summed E-state index contributed by atoms with van der Waals surface area (Å²) in [4.78, 5) is 38.0. The number of halogens is 3. The molecule has 11 nitrogen and oxygen atoms in total. The second kappa shape index (κ2) is 19.4. The molecule has 0 unspecified atom stereocenters. The van der Waals surface area contributed by atoms with Crippen molar-refractivity contribution in [1.82, 2.24) is 29.7 Å². The monoisotopic (exact) mass is 906 g/mol. The molecule has 0 aliphatic carbocycles. The van der Waals surface area contributed by atoms with E-state index in [-0.39, 0.29) is 18.8 Å². The Balaban J connectivity index is 1.16. The minimum Gasteiger partial charge on any atom is -0.496 e. The number of benzene rings is 4. The summed E-state index contributed by atoms with van der Waals surface area (Å²) < 4.78 is 32.5. The van der Waals surface area contributed by atoms with Crippen LogP contribution in [0.4, 0.5) is 4.39 Å². The van der Waals surface area contributed by atoms with Gasteiger partial charge in [-0.25, -0.2) is 24.3 Å². The van der Waals surface area contributed by atoms with Crippen molar-refractivity contribution in [2.24, 2.45) is 0 Å². The summed E-state index contributed by atoms with van der Waals surface area (Å²) in [6.45, 7) is 8.90. The number of carbonyl (C=O) groups is 1. The van der Waals surface area contributed by atoms with Gasteiger partial charge in [-0.3, -0.25) is 9.69 Å². The molecule has 15 heteroatoms. The van der Waals surface area contributed by atoms with E-state index in [1.54, 1.807) is 37.6 Å². The predicted octanol–water partition coefficient (Wildman–Crippen LogP) is 10.2. The highest BCUT2D eigenvalue weighted by Gasteiger charge is 2.32. The number of fused-ring (bicyclic) bond motifs is 1. The molecular weight excluding hydrogens is 863 g/mol. The molecule has 0 radical (unpaired) electrons. The summed E-state index contributed by atoms with van der Waals surface area (Å²) in [6.07, 6.45) is 3.09. The highest BCUT2D eigenvalue weighted by molar-refractivity contribution is 7.22. The summed E-state index contributed by atoms with van der Waals surface area (Å²) in [5, 5.41) is 12.3. The number of likely N-dealkylation sites (N-methyl/N-ethyl adjacent to an activating group) is 1. The zero-order valence-corrected chi connectivity index (χ0v) is 37.5. The molecule has 63 heavy (non-hydrogen) atoms. The van der Waals surface area contributed by atoms with Crippen LogP contribution in [-0.2, 0) is 17.8 Å². The number of aromatic nitrogens is 4. The molecule has 4 aromatic carbocycles. The summed E-state index contributed by atoms with van der Waals surface area (Å²) in [5.74, 6) is -0.593. The Labute approximate surface area is 379 Å². The molecule has 0 spiro atoms. The molecule has 0 saturated carbocycles. The Hall–Kier alpha value is -5.70. The van der Waals surface area contributed by atoms with Crippen LogP contribution in [0.2, 0.25) is 10.0 Å². The summed E-state index contributed by atoms with van der Waals surface area (Å²) >= 11 is 15.7. The molecule has 1 N–H and O–H groups in total. The van der Waals surface area contributed by atoms with Crippen molar-refractivity contribution in [2.75, 3.05) is 53.5 Å². The summed E-state index contributed by atoms with van der Waals surface area (Å²) in [7, 11) is 3.72. The zero-order chi connectivity index (χ0) is 44.2. The fraction of sp³-hybridized carbons (Fsp3) is 0.271. The van der Waals surface area contributed by atoms with E-state index in [9.17, 15) is 14.3 Å². The second-order valence-corrected chi connectivity index (χ2v) is 17.1. The molecule has 4 heterocycles. The first-order valence-electron chi connectivity index (χ1n) is 20.5. The van der Waals surface area contributed by atoms with Crippen LogP contribution in [0, 0.1) is 19.7 Å². The van der Waals surface area contributed by atoms with Gasteiger partial charge in [-0.1, -0.05) is 65.7 Å². The molecule has 1 fully saturated rings. The quantitative estimate of drug-likeness (QED) is 0.106. The molecule has 0 bridgehead atoms. The maximum atomic E-state index is 14.4. The van der Waals surface area contributed by atoms with Gasteiger partial charge in [0.1, 0.15) is 47.6 Å². The highest BCUT2D eigenvalue weighted by atomic mass is 35.5. The number of methoxy groups -OCH3 is 1. The number of hydrogen-bond acceptors (Lipinski definition) is 11. The molecule has 3 aromatic heterocycles. The average molecular weight is 908 g/mol. The van der Waals surface area contributed by atoms with Crippen LogP contribution < -0.4 is 14.2 Å². The van der Waals surface area contributed by atoms with Crippen molar-refractivity contribution in [3.05, 3.63) is 135 Å². The van der Waals surface area contributed by atoms with Crippen LogP contribution in [0.1, 0.15) is 34.0 Å². The SMILES string of the molecule is COc1ccccc1-c1nccc(COc2ccccc2C[C@@H](C(=O)O)c2ncnc3sc(-c4ccc(F)cc4)c(-c4c(C)c(Cl)c(OCCN5CCN(C)CC5)c(Cl)c4C)c23)n1. The molecule has 7 aromatic rings. The molecule has 1 saturated heterocycles. The highest BCUT2D eigenvalue weighted by Crippen LogP contribution is 2.52. The smallest absolute Gasteiger partial charge is 0.312 e. The van der Waals surface area contributed by atoms with E-state index in [4.69, 9.17) is 47.4 Å². The van der Waals surface area contributed by atoms with Gasteiger partial charge in [0.15, 0.2) is 11.6 Å². The third-order valence-electron chi connectivity index (χ3n) is 11.4. The van der Waals surface area contributed by atoms with Gasteiger partial charge < -0.3 is 24.2 Å². The number of hydrogen-bond donors (Lipinski definition) is 1. The van der Waals surface area contributed by atoms with Gasteiger partial charge in [-0.2, -0.15) is 0 Å². The number of piperazine rings is 1. The lowest BCUT2D eigenvalue weighted by atomic mass is 9.88. The predicted molar refractivity (Wildman–Crippen MR) is 246 cm³/mol. The summed E-state index contributed by atoms with van der Waals surface area (Å²) in [5.41, 5.74) is 5.77. The standard InChI is InChI=1S/C48H45Cl2FN6O5S/c1-28-38(29(2)42(50)44(41(28)49)61-24-23-57-21-19-56(3)20-22-57)39-40-43(53-27-54-47(40)63-45(39)30-13-15-32(51)16-14-30)35(48(58)59)25-31-9-5-7-11-36(31)62-26-33-17-18-52-46(55-33)34-10-6-8-12-37(34)60-4/h5-18,27,35H,19-26H2,1-4H3,(H,58,59)/t35-/m1/s1. The van der Waals surface area contributed by atoms with E-state index in [1.807, 2.05) is 56.3 Å². The third kappa shape index (κ3) is 9.34. The number of aliphatic carboxylic acids is 1. The lowest BCUT2D eigenvalue weighted by molar-refractivity contribution is -0.138. The fourth-order valence-electron chi connectivity index (χ4n) is 7.97. The topological polar surface area (TPSA) is 123 Å². The number of thiophene rings is 1. The van der Waals surface area contributed by atoms with E-state index in [0.29, 0.717) is 94.7 Å². The van der Waals surface area contributed by atoms with Crippen molar-refractivity contribution in [3.63, 3.8) is 0 Å². The van der Waals surface area contributed by atoms with Gasteiger partial charge >= 0.3 is 5.97 Å². The van der Waals surface area contributed by atoms with Crippen LogP contribution in [0.3, 0.4) is 0 Å². The van der Waals surface area contributed by atoms with Crippen molar-refractivity contribution in [2.45, 2.75) is 32.8 Å². The summed E-state index contributed by atoms with van der Waals surface area (Å²) in [6, 6.07) is 22.8. The van der Waals surface area contributed by atoms with Crippen LogP contribution >= 0.6 is 34.5 Å². The largest absolute Gasteiger partial charge is 0.496 e. The maximum Gasteiger partial charge on any atom is 0.312 e. The van der Waals surface area contributed by atoms with Gasteiger partial charge in [0.05, 0.1) is 34.1 Å². The van der Waals surface area contributed by atoms with Gasteiger partial charge in [0.25, 0.3) is 0 Å². The third-order valence-corrected chi connectivity index (χ3v) is 13.4.